The van der Waals surface area contributed by atoms with Gasteiger partial charge in [-0.15, -0.1) is 0 Å². The summed E-state index contributed by atoms with van der Waals surface area (Å²) in [6, 6.07) is 1.34. The van der Waals surface area contributed by atoms with E-state index in [1.807, 2.05) is 0 Å². The zero-order chi connectivity index (χ0) is 13.0. The van der Waals surface area contributed by atoms with Gasteiger partial charge in [-0.2, -0.15) is 0 Å². The molecule has 1 aromatic rings. The Hall–Kier alpha value is -1.97. The largest absolute Gasteiger partial charge is 0.507 e. The quantitative estimate of drug-likeness (QED) is 0.622. The molecule has 0 amide bonds. The Labute approximate surface area is 100 Å². The third-order valence-electron chi connectivity index (χ3n) is 2.48. The van der Waals surface area contributed by atoms with Gasteiger partial charge in [-0.25, -0.2) is 0 Å². The lowest BCUT2D eigenvalue weighted by atomic mass is 10.0. The predicted molar refractivity (Wildman–Crippen MR) is 64.8 cm³/mol. The van der Waals surface area contributed by atoms with Gasteiger partial charge in [0.25, 0.3) is 0 Å². The summed E-state index contributed by atoms with van der Waals surface area (Å²) >= 11 is 0. The smallest absolute Gasteiger partial charge is 0.193 e. The molecule has 0 saturated heterocycles. The predicted octanol–water partition coefficient (Wildman–Crippen LogP) is 2.43. The Balaban J connectivity index is 3.50. The van der Waals surface area contributed by atoms with Crippen LogP contribution in [-0.4, -0.2) is 23.1 Å². The van der Waals surface area contributed by atoms with Gasteiger partial charge in [0.2, 0.25) is 0 Å². The number of benzene rings is 1. The summed E-state index contributed by atoms with van der Waals surface area (Å²) in [6.07, 6.45) is 3.35. The van der Waals surface area contributed by atoms with Gasteiger partial charge >= 0.3 is 0 Å². The first kappa shape index (κ1) is 13.1. The molecule has 0 heterocycles. The molecule has 0 bridgehead atoms. The van der Waals surface area contributed by atoms with Gasteiger partial charge in [-0.05, 0) is 19.4 Å². The number of ether oxygens (including phenoxy) is 1. The van der Waals surface area contributed by atoms with Crippen molar-refractivity contribution in [3.05, 3.63) is 29.3 Å². The average Bonchev–Trinajstić information content (AvgIpc) is 2.28. The Morgan fingerprint density at radius 3 is 2.59 bits per heavy atom. The molecule has 4 nitrogen and oxygen atoms in total. The van der Waals surface area contributed by atoms with Crippen LogP contribution in [0.25, 0.3) is 0 Å². The van der Waals surface area contributed by atoms with E-state index in [0.29, 0.717) is 12.0 Å². The highest BCUT2D eigenvalue weighted by Crippen LogP contribution is 2.38. The average molecular weight is 236 g/mol. The van der Waals surface area contributed by atoms with E-state index < -0.39 is 0 Å². The molecule has 2 N–H and O–H groups in total. The number of aromatic hydroxyl groups is 2. The Morgan fingerprint density at radius 1 is 1.47 bits per heavy atom. The second kappa shape index (κ2) is 5.39. The number of rotatable bonds is 4. The van der Waals surface area contributed by atoms with Crippen molar-refractivity contribution in [2.45, 2.75) is 20.3 Å². The number of allylic oxidation sites excluding steroid dienone is 2. The lowest BCUT2D eigenvalue weighted by Crippen LogP contribution is -2.02. The van der Waals surface area contributed by atoms with Crippen LogP contribution in [0.1, 0.15) is 29.8 Å². The van der Waals surface area contributed by atoms with Crippen LogP contribution in [0.4, 0.5) is 0 Å². The number of hydrogen-bond acceptors (Lipinski definition) is 4. The Bertz CT molecular complexity index is 461. The van der Waals surface area contributed by atoms with E-state index in [2.05, 4.69) is 0 Å². The maximum absolute atomic E-state index is 11.8. The van der Waals surface area contributed by atoms with E-state index in [0.717, 1.165) is 0 Å². The van der Waals surface area contributed by atoms with Gasteiger partial charge in [0, 0.05) is 11.6 Å². The number of hydrogen-bond donors (Lipinski definition) is 2. The number of ketones is 1. The van der Waals surface area contributed by atoms with Crippen LogP contribution < -0.4 is 4.74 Å². The van der Waals surface area contributed by atoms with Crippen LogP contribution in [0.5, 0.6) is 17.2 Å². The van der Waals surface area contributed by atoms with E-state index in [4.69, 9.17) is 4.74 Å². The lowest BCUT2D eigenvalue weighted by Gasteiger charge is -2.13. The van der Waals surface area contributed by atoms with E-state index in [-0.39, 0.29) is 28.6 Å². The summed E-state index contributed by atoms with van der Waals surface area (Å²) in [5.41, 5.74) is 0.430. The van der Waals surface area contributed by atoms with E-state index in [9.17, 15) is 15.0 Å². The maximum atomic E-state index is 11.8. The van der Waals surface area contributed by atoms with Crippen molar-refractivity contribution in [1.29, 1.82) is 0 Å². The normalized spacial score (nSPS) is 10.8. The van der Waals surface area contributed by atoms with Crippen LogP contribution in [0.15, 0.2) is 18.2 Å². The first-order chi connectivity index (χ1) is 8.06. The van der Waals surface area contributed by atoms with Crippen LogP contribution >= 0.6 is 0 Å². The highest BCUT2D eigenvalue weighted by molar-refractivity contribution is 6.09. The molecule has 0 aliphatic carbocycles. The first-order valence-corrected chi connectivity index (χ1v) is 5.35. The molecule has 0 aliphatic heterocycles. The van der Waals surface area contributed by atoms with Crippen LogP contribution in [0, 0.1) is 0 Å². The number of phenols is 2. The van der Waals surface area contributed by atoms with Gasteiger partial charge in [-0.1, -0.05) is 13.0 Å². The fraction of sp³-hybridized carbons (Fsp3) is 0.308. The zero-order valence-corrected chi connectivity index (χ0v) is 10.2. The van der Waals surface area contributed by atoms with E-state index in [1.165, 1.54) is 19.3 Å². The highest BCUT2D eigenvalue weighted by atomic mass is 16.5. The molecule has 0 spiro atoms. The number of carbonyl (C=O) groups is 1. The van der Waals surface area contributed by atoms with Gasteiger partial charge < -0.3 is 14.9 Å². The molecule has 0 atom stereocenters. The van der Waals surface area contributed by atoms with Gasteiger partial charge in [0.15, 0.2) is 5.78 Å². The molecule has 4 heteroatoms. The van der Waals surface area contributed by atoms with E-state index >= 15 is 0 Å². The molecule has 0 radical (unpaired) electrons. The van der Waals surface area contributed by atoms with Gasteiger partial charge in [-0.3, -0.25) is 4.79 Å². The molecule has 1 aromatic carbocycles. The second-order valence-electron chi connectivity index (χ2n) is 3.52. The van der Waals surface area contributed by atoms with Crippen molar-refractivity contribution in [1.82, 2.24) is 0 Å². The topological polar surface area (TPSA) is 66.8 Å². The zero-order valence-electron chi connectivity index (χ0n) is 10.2. The fourth-order valence-corrected chi connectivity index (χ4v) is 1.65. The molecular formula is C13H16O4. The summed E-state index contributed by atoms with van der Waals surface area (Å²) in [5.74, 6) is -0.469. The molecule has 17 heavy (non-hydrogen) atoms. The minimum atomic E-state index is -0.350. The molecule has 0 fully saturated rings. The van der Waals surface area contributed by atoms with Crippen molar-refractivity contribution >= 4 is 5.78 Å². The summed E-state index contributed by atoms with van der Waals surface area (Å²) in [6.45, 7) is 3.49. The van der Waals surface area contributed by atoms with Gasteiger partial charge in [0.05, 0.1) is 7.11 Å². The Kier molecular flexibility index (Phi) is 4.15. The third-order valence-corrected chi connectivity index (χ3v) is 2.48. The van der Waals surface area contributed by atoms with Gasteiger partial charge in [0.1, 0.15) is 22.8 Å². The van der Waals surface area contributed by atoms with Crippen molar-refractivity contribution in [3.8, 4) is 17.2 Å². The minimum absolute atomic E-state index is 0.0705. The van der Waals surface area contributed by atoms with Crippen molar-refractivity contribution in [2.75, 3.05) is 7.11 Å². The first-order valence-electron chi connectivity index (χ1n) is 5.35. The summed E-state index contributed by atoms with van der Waals surface area (Å²) in [4.78, 5) is 11.8. The summed E-state index contributed by atoms with van der Waals surface area (Å²) in [5, 5.41) is 19.7. The van der Waals surface area contributed by atoms with Crippen molar-refractivity contribution in [2.24, 2.45) is 0 Å². The summed E-state index contributed by atoms with van der Waals surface area (Å²) < 4.78 is 5.00. The second-order valence-corrected chi connectivity index (χ2v) is 3.52. The molecule has 1 rings (SSSR count). The molecule has 0 unspecified atom stereocenters. The SMILES string of the molecule is C/C=C/C(=O)c1c(OC)cc(O)c(CC)c1O. The van der Waals surface area contributed by atoms with Crippen molar-refractivity contribution in [3.63, 3.8) is 0 Å². The van der Waals surface area contributed by atoms with E-state index in [1.54, 1.807) is 19.9 Å². The van der Waals surface area contributed by atoms with Crippen LogP contribution in [0.3, 0.4) is 0 Å². The number of methoxy groups -OCH3 is 1. The molecule has 0 aromatic heterocycles. The Morgan fingerprint density at radius 2 is 2.12 bits per heavy atom. The standard InChI is InChI=1S/C13H16O4/c1-4-6-9(14)12-11(17-3)7-10(15)8(5-2)13(12)16/h4,6-7,15-16H,5H2,1-3H3/b6-4+. The van der Waals surface area contributed by atoms with Crippen LogP contribution in [0.2, 0.25) is 0 Å². The summed E-state index contributed by atoms with van der Waals surface area (Å²) in [7, 11) is 1.38. The lowest BCUT2D eigenvalue weighted by molar-refractivity contribution is 0.104. The van der Waals surface area contributed by atoms with Crippen molar-refractivity contribution < 1.29 is 19.7 Å². The molecule has 0 saturated carbocycles. The fourth-order valence-electron chi connectivity index (χ4n) is 1.65. The van der Waals surface area contributed by atoms with Crippen LogP contribution in [-0.2, 0) is 6.42 Å². The third kappa shape index (κ3) is 2.41. The number of carbonyl (C=O) groups excluding carboxylic acids is 1. The molecule has 0 aliphatic rings. The highest BCUT2D eigenvalue weighted by Gasteiger charge is 2.21. The maximum Gasteiger partial charge on any atom is 0.193 e. The molecule has 92 valence electrons. The monoisotopic (exact) mass is 236 g/mol. The minimum Gasteiger partial charge on any atom is -0.507 e. The number of phenolic OH excluding ortho intramolecular Hbond substituents is 2. The molecular weight excluding hydrogens is 220 g/mol.